The van der Waals surface area contributed by atoms with Crippen molar-refractivity contribution < 1.29 is 34.8 Å². The molecule has 0 aliphatic heterocycles. The van der Waals surface area contributed by atoms with Crippen LogP contribution < -0.4 is 4.74 Å². The van der Waals surface area contributed by atoms with Crippen molar-refractivity contribution in [2.24, 2.45) is 5.92 Å². The first-order valence-electron chi connectivity index (χ1n) is 6.77. The highest BCUT2D eigenvalue weighted by Crippen LogP contribution is 2.35. The van der Waals surface area contributed by atoms with E-state index in [0.717, 1.165) is 0 Å². The van der Waals surface area contributed by atoms with Gasteiger partial charge in [0.05, 0.1) is 13.2 Å². The molecule has 4 N–H and O–H groups in total. The first-order chi connectivity index (χ1) is 10.3. The van der Waals surface area contributed by atoms with Crippen molar-refractivity contribution in [2.75, 3.05) is 7.11 Å². The van der Waals surface area contributed by atoms with Crippen LogP contribution in [0, 0.1) is 5.92 Å². The van der Waals surface area contributed by atoms with Crippen LogP contribution in [-0.2, 0) is 16.0 Å². The number of rotatable bonds is 4. The lowest BCUT2D eigenvalue weighted by Gasteiger charge is -2.41. The van der Waals surface area contributed by atoms with E-state index in [4.69, 9.17) is 4.74 Å². The first kappa shape index (κ1) is 16.4. The molecule has 0 heterocycles. The predicted molar refractivity (Wildman–Crippen MR) is 74.4 cm³/mol. The van der Waals surface area contributed by atoms with Gasteiger partial charge in [-0.15, -0.1) is 0 Å². The van der Waals surface area contributed by atoms with Gasteiger partial charge in [-0.3, -0.25) is 4.79 Å². The summed E-state index contributed by atoms with van der Waals surface area (Å²) in [6, 6.07) is 6.64. The Morgan fingerprint density at radius 1 is 1.32 bits per heavy atom. The number of aliphatic carboxylic acids is 1. The summed E-state index contributed by atoms with van der Waals surface area (Å²) in [4.78, 5) is 22.9. The van der Waals surface area contributed by atoms with E-state index in [2.05, 4.69) is 0 Å². The molecule has 1 saturated carbocycles. The van der Waals surface area contributed by atoms with E-state index >= 15 is 0 Å². The third kappa shape index (κ3) is 2.83. The lowest BCUT2D eigenvalue weighted by Crippen LogP contribution is -2.61. The van der Waals surface area contributed by atoms with E-state index in [1.54, 1.807) is 24.3 Å². The number of carboxylic acids is 1. The van der Waals surface area contributed by atoms with E-state index in [-0.39, 0.29) is 6.42 Å². The van der Waals surface area contributed by atoms with Crippen LogP contribution in [0.1, 0.15) is 12.0 Å². The highest BCUT2D eigenvalue weighted by Gasteiger charge is 2.55. The molecule has 7 heteroatoms. The van der Waals surface area contributed by atoms with Crippen LogP contribution in [0.5, 0.6) is 5.75 Å². The third-order valence-corrected chi connectivity index (χ3v) is 4.11. The summed E-state index contributed by atoms with van der Waals surface area (Å²) in [5.41, 5.74) is -1.76. The molecule has 0 amide bonds. The van der Waals surface area contributed by atoms with E-state index in [1.807, 2.05) is 0 Å². The highest BCUT2D eigenvalue weighted by atomic mass is 16.5. The quantitative estimate of drug-likeness (QED) is 0.583. The lowest BCUT2D eigenvalue weighted by atomic mass is 9.69. The molecule has 0 spiro atoms. The van der Waals surface area contributed by atoms with Gasteiger partial charge in [-0.2, -0.15) is 0 Å². The van der Waals surface area contributed by atoms with Gasteiger partial charge in [0, 0.05) is 12.3 Å². The standard InChI is InChI=1S/C15H18O7/c1-22-9-4-2-8(3-5-9)6-10-12(17)13(18)11(16)7-15(10,21)14(19)20/h2-5,10,12-13,17-18,21H,6-7H2,1H3,(H,19,20)/t10-,12+,13+,15+/m0/s1. The van der Waals surface area contributed by atoms with Crippen LogP contribution in [-0.4, -0.2) is 57.1 Å². The average Bonchev–Trinajstić information content (AvgIpc) is 2.50. The van der Waals surface area contributed by atoms with E-state index in [1.165, 1.54) is 7.11 Å². The number of ether oxygens (including phenoxy) is 1. The van der Waals surface area contributed by atoms with Crippen molar-refractivity contribution >= 4 is 11.8 Å². The summed E-state index contributed by atoms with van der Waals surface area (Å²) in [6.07, 6.45) is -4.08. The van der Waals surface area contributed by atoms with Gasteiger partial charge in [0.25, 0.3) is 0 Å². The zero-order valence-electron chi connectivity index (χ0n) is 12.0. The highest BCUT2D eigenvalue weighted by molar-refractivity contribution is 5.92. The lowest BCUT2D eigenvalue weighted by molar-refractivity contribution is -0.190. The minimum Gasteiger partial charge on any atom is -0.497 e. The molecule has 0 unspecified atom stereocenters. The van der Waals surface area contributed by atoms with Crippen molar-refractivity contribution in [1.29, 1.82) is 0 Å². The Bertz CT molecular complexity index is 568. The molecule has 1 aromatic rings. The fourth-order valence-electron chi connectivity index (χ4n) is 2.73. The molecule has 1 aliphatic rings. The molecule has 0 saturated heterocycles. The molecule has 1 aromatic carbocycles. The number of methoxy groups -OCH3 is 1. The first-order valence-corrected chi connectivity index (χ1v) is 6.77. The maximum absolute atomic E-state index is 11.6. The molecule has 1 fully saturated rings. The second kappa shape index (κ2) is 6.04. The Balaban J connectivity index is 2.30. The maximum Gasteiger partial charge on any atom is 0.336 e. The van der Waals surface area contributed by atoms with Crippen LogP contribution in [0.4, 0.5) is 0 Å². The number of carbonyl (C=O) groups excluding carboxylic acids is 1. The van der Waals surface area contributed by atoms with Gasteiger partial charge in [-0.05, 0) is 24.1 Å². The number of hydrogen-bond donors (Lipinski definition) is 4. The third-order valence-electron chi connectivity index (χ3n) is 4.11. The van der Waals surface area contributed by atoms with Gasteiger partial charge in [-0.1, -0.05) is 12.1 Å². The number of aliphatic hydroxyl groups is 3. The Kier molecular flexibility index (Phi) is 4.50. The van der Waals surface area contributed by atoms with Crippen LogP contribution in [0.2, 0.25) is 0 Å². The van der Waals surface area contributed by atoms with Gasteiger partial charge in [-0.25, -0.2) is 4.79 Å². The molecule has 0 radical (unpaired) electrons. The number of carboxylic acid groups (broad SMARTS) is 1. The molecule has 2 rings (SSSR count). The second-order valence-corrected chi connectivity index (χ2v) is 5.47. The van der Waals surface area contributed by atoms with Gasteiger partial charge >= 0.3 is 5.97 Å². The molecule has 7 nitrogen and oxygen atoms in total. The molecule has 0 aromatic heterocycles. The van der Waals surface area contributed by atoms with Gasteiger partial charge in [0.1, 0.15) is 11.9 Å². The summed E-state index contributed by atoms with van der Waals surface area (Å²) in [5.74, 6) is -3.07. The zero-order chi connectivity index (χ0) is 16.5. The number of hydrogen-bond acceptors (Lipinski definition) is 6. The van der Waals surface area contributed by atoms with Crippen molar-refractivity contribution in [3.8, 4) is 5.75 Å². The number of Topliss-reactive ketones (excluding diaryl/α,β-unsaturated/α-hetero) is 1. The second-order valence-electron chi connectivity index (χ2n) is 5.47. The van der Waals surface area contributed by atoms with Gasteiger partial charge in [0.15, 0.2) is 11.4 Å². The maximum atomic E-state index is 11.6. The van der Waals surface area contributed by atoms with Crippen molar-refractivity contribution in [3.63, 3.8) is 0 Å². The number of carbonyl (C=O) groups is 2. The number of aliphatic hydroxyl groups excluding tert-OH is 2. The van der Waals surface area contributed by atoms with Crippen molar-refractivity contribution in [3.05, 3.63) is 29.8 Å². The van der Waals surface area contributed by atoms with Crippen molar-refractivity contribution in [1.82, 2.24) is 0 Å². The molecule has 4 atom stereocenters. The summed E-state index contributed by atoms with van der Waals surface area (Å²) in [7, 11) is 1.51. The molecule has 22 heavy (non-hydrogen) atoms. The average molecular weight is 310 g/mol. The Morgan fingerprint density at radius 3 is 2.41 bits per heavy atom. The molecule has 0 bridgehead atoms. The van der Waals surface area contributed by atoms with E-state index < -0.39 is 41.9 Å². The van der Waals surface area contributed by atoms with Crippen LogP contribution in [0.25, 0.3) is 0 Å². The molecule has 120 valence electrons. The SMILES string of the molecule is COc1ccc(C[C@H]2[C@@H](O)[C@H](O)C(=O)C[C@]2(O)C(=O)O)cc1. The zero-order valence-corrected chi connectivity index (χ0v) is 12.0. The van der Waals surface area contributed by atoms with Crippen LogP contribution in [0.3, 0.4) is 0 Å². The fraction of sp³-hybridized carbons (Fsp3) is 0.467. The Labute approximate surface area is 126 Å². The van der Waals surface area contributed by atoms with Gasteiger partial charge < -0.3 is 25.2 Å². The topological polar surface area (TPSA) is 124 Å². The number of benzene rings is 1. The fourth-order valence-corrected chi connectivity index (χ4v) is 2.73. The molecular formula is C15H18O7. The van der Waals surface area contributed by atoms with Crippen molar-refractivity contribution in [2.45, 2.75) is 30.7 Å². The monoisotopic (exact) mass is 310 g/mol. The summed E-state index contributed by atoms with van der Waals surface area (Å²) in [5, 5.41) is 39.3. The number of ketones is 1. The minimum absolute atomic E-state index is 0.00169. The molecular weight excluding hydrogens is 292 g/mol. The predicted octanol–water partition coefficient (Wildman–Crippen LogP) is -0.636. The largest absolute Gasteiger partial charge is 0.497 e. The minimum atomic E-state index is -2.41. The van der Waals surface area contributed by atoms with Crippen LogP contribution in [0.15, 0.2) is 24.3 Å². The summed E-state index contributed by atoms with van der Waals surface area (Å²) >= 11 is 0. The smallest absolute Gasteiger partial charge is 0.336 e. The summed E-state index contributed by atoms with van der Waals surface area (Å²) < 4.78 is 5.01. The Morgan fingerprint density at radius 2 is 1.91 bits per heavy atom. The van der Waals surface area contributed by atoms with E-state index in [9.17, 15) is 30.0 Å². The normalized spacial score (nSPS) is 31.8. The molecule has 1 aliphatic carbocycles. The van der Waals surface area contributed by atoms with E-state index in [0.29, 0.717) is 11.3 Å². The van der Waals surface area contributed by atoms with Crippen LogP contribution >= 0.6 is 0 Å². The van der Waals surface area contributed by atoms with Gasteiger partial charge in [0.2, 0.25) is 0 Å². The summed E-state index contributed by atoms with van der Waals surface area (Å²) in [6.45, 7) is 0. The Hall–Kier alpha value is -1.96.